The summed E-state index contributed by atoms with van der Waals surface area (Å²) in [6.07, 6.45) is 0. The van der Waals surface area contributed by atoms with Gasteiger partial charge in [-0.3, -0.25) is 0 Å². The molecule has 0 fully saturated rings. The third-order valence-corrected chi connectivity index (χ3v) is 2.85. The number of nitrogens with zero attached hydrogens (tertiary/aromatic N) is 1. The molecule has 0 unspecified atom stereocenters. The molecule has 1 nitrogen and oxygen atoms in total. The van der Waals surface area contributed by atoms with Crippen molar-refractivity contribution >= 4 is 46.1 Å². The summed E-state index contributed by atoms with van der Waals surface area (Å²) in [7, 11) is 1.85. The van der Waals surface area contributed by atoms with Crippen molar-refractivity contribution in [3.63, 3.8) is 0 Å². The molecule has 0 spiro atoms. The van der Waals surface area contributed by atoms with E-state index in [2.05, 4.69) is 0 Å². The molecule has 0 atom stereocenters. The van der Waals surface area contributed by atoms with Gasteiger partial charge in [0.05, 0.1) is 21.6 Å². The second-order valence-electron chi connectivity index (χ2n) is 2.54. The van der Waals surface area contributed by atoms with Gasteiger partial charge >= 0.3 is 0 Å². The smallest absolute Gasteiger partial charge is 0.0971 e. The van der Waals surface area contributed by atoms with E-state index < -0.39 is 0 Å². The minimum atomic E-state index is 0.330. The van der Waals surface area contributed by atoms with Gasteiger partial charge in [-0.05, 0) is 12.1 Å². The second kappa shape index (κ2) is 4.80. The van der Waals surface area contributed by atoms with E-state index in [-0.39, 0.29) is 0 Å². The van der Waals surface area contributed by atoms with Crippen molar-refractivity contribution in [2.75, 3.05) is 17.8 Å². The van der Waals surface area contributed by atoms with Crippen LogP contribution in [0.1, 0.15) is 0 Å². The van der Waals surface area contributed by atoms with Gasteiger partial charge in [0.1, 0.15) is 0 Å². The minimum Gasteiger partial charge on any atom is -0.337 e. The fourth-order valence-corrected chi connectivity index (χ4v) is 1.49. The molecule has 0 radical (unpaired) electrons. The van der Waals surface area contributed by atoms with Gasteiger partial charge in [0.2, 0.25) is 0 Å². The first-order valence-electron chi connectivity index (χ1n) is 3.74. The monoisotopic (exact) mass is 233 g/mol. The first-order chi connectivity index (χ1) is 6.16. The van der Waals surface area contributed by atoms with E-state index in [9.17, 15) is 0 Å². The predicted octanol–water partition coefficient (Wildman–Crippen LogP) is 3.34. The molecule has 0 bridgehead atoms. The Bertz CT molecular complexity index is 314. The van der Waals surface area contributed by atoms with E-state index in [1.807, 2.05) is 36.2 Å². The Balaban J connectivity index is 2.95. The van der Waals surface area contributed by atoms with Crippen LogP contribution in [0.3, 0.4) is 0 Å². The number of rotatable bonds is 2. The molecule has 0 N–H and O–H groups in total. The molecule has 0 heterocycles. The summed E-state index contributed by atoms with van der Waals surface area (Å²) in [4.78, 5) is 2.47. The highest BCUT2D eigenvalue weighted by molar-refractivity contribution is 7.80. The lowest BCUT2D eigenvalue weighted by atomic mass is 10.3. The lowest BCUT2D eigenvalue weighted by molar-refractivity contribution is 1.28. The maximum Gasteiger partial charge on any atom is 0.0971 e. The summed E-state index contributed by atoms with van der Waals surface area (Å²) >= 11 is 16.7. The molecule has 0 amide bonds. The molecule has 0 aliphatic carbocycles. The largest absolute Gasteiger partial charge is 0.337 e. The van der Waals surface area contributed by atoms with E-state index in [1.54, 1.807) is 0 Å². The van der Waals surface area contributed by atoms with Gasteiger partial charge in [-0.15, -0.1) is 11.6 Å². The van der Waals surface area contributed by atoms with Crippen LogP contribution in [0.15, 0.2) is 24.3 Å². The zero-order chi connectivity index (χ0) is 9.84. The summed E-state index contributed by atoms with van der Waals surface area (Å²) in [6, 6.07) is 7.52. The summed E-state index contributed by atoms with van der Waals surface area (Å²) in [6.45, 7) is 0. The molecule has 13 heavy (non-hydrogen) atoms. The van der Waals surface area contributed by atoms with Crippen LogP contribution in [0.25, 0.3) is 0 Å². The van der Waals surface area contributed by atoms with Crippen LogP contribution in [0.4, 0.5) is 5.69 Å². The van der Waals surface area contributed by atoms with Crippen molar-refractivity contribution in [1.29, 1.82) is 0 Å². The van der Waals surface area contributed by atoms with E-state index in [0.29, 0.717) is 15.9 Å². The van der Waals surface area contributed by atoms with E-state index >= 15 is 0 Å². The Labute approximate surface area is 93.3 Å². The topological polar surface area (TPSA) is 3.24 Å². The number of anilines is 1. The minimum absolute atomic E-state index is 0.330. The fraction of sp³-hybridized carbons (Fsp3) is 0.222. The van der Waals surface area contributed by atoms with Gasteiger partial charge < -0.3 is 4.90 Å². The van der Waals surface area contributed by atoms with Gasteiger partial charge in [0.15, 0.2) is 0 Å². The Morgan fingerprint density at radius 2 is 2.08 bits per heavy atom. The second-order valence-corrected chi connectivity index (χ2v) is 3.68. The van der Waals surface area contributed by atoms with Gasteiger partial charge in [-0.2, -0.15) is 0 Å². The third kappa shape index (κ3) is 2.56. The Hall–Kier alpha value is -0.310. The third-order valence-electron chi connectivity index (χ3n) is 1.70. The summed E-state index contributed by atoms with van der Waals surface area (Å²) < 4.78 is 0. The average Bonchev–Trinajstić information content (AvgIpc) is 2.16. The van der Waals surface area contributed by atoms with E-state index in [1.165, 1.54) is 0 Å². The quantitative estimate of drug-likeness (QED) is 0.570. The van der Waals surface area contributed by atoms with Gasteiger partial charge in [-0.1, -0.05) is 36.0 Å². The molecule has 1 aromatic rings. The van der Waals surface area contributed by atoms with Crippen LogP contribution >= 0.6 is 35.4 Å². The highest BCUT2D eigenvalue weighted by atomic mass is 35.5. The van der Waals surface area contributed by atoms with Crippen LogP contribution in [0.5, 0.6) is 0 Å². The van der Waals surface area contributed by atoms with Crippen LogP contribution in [-0.2, 0) is 0 Å². The van der Waals surface area contributed by atoms with Crippen LogP contribution in [0.2, 0.25) is 5.02 Å². The maximum atomic E-state index is 5.98. The van der Waals surface area contributed by atoms with Gasteiger partial charge in [-0.25, -0.2) is 0 Å². The fourth-order valence-electron chi connectivity index (χ4n) is 0.948. The van der Waals surface area contributed by atoms with Crippen LogP contribution in [-0.4, -0.2) is 17.9 Å². The zero-order valence-electron chi connectivity index (χ0n) is 7.13. The lowest BCUT2D eigenvalue weighted by Crippen LogP contribution is -2.25. The molecular formula is C9H9Cl2NS. The van der Waals surface area contributed by atoms with Crippen LogP contribution in [0, 0.1) is 0 Å². The molecule has 70 valence electrons. The zero-order valence-corrected chi connectivity index (χ0v) is 9.46. The van der Waals surface area contributed by atoms with Crippen molar-refractivity contribution in [3.8, 4) is 0 Å². The predicted molar refractivity (Wildman–Crippen MR) is 63.2 cm³/mol. The number of hydrogen-bond acceptors (Lipinski definition) is 1. The van der Waals surface area contributed by atoms with Crippen molar-refractivity contribution in [1.82, 2.24) is 0 Å². The first-order valence-corrected chi connectivity index (χ1v) is 5.06. The highest BCUT2D eigenvalue weighted by Crippen LogP contribution is 2.24. The summed E-state index contributed by atoms with van der Waals surface area (Å²) in [5.74, 6) is 0.330. The van der Waals surface area contributed by atoms with Gasteiger partial charge in [0, 0.05) is 7.05 Å². The standard InChI is InChI=1S/C9H9Cl2NS/c1-12(9(13)6-10)8-5-3-2-4-7(8)11/h2-5H,6H2,1H3. The van der Waals surface area contributed by atoms with Crippen molar-refractivity contribution in [2.24, 2.45) is 0 Å². The van der Waals surface area contributed by atoms with Crippen molar-refractivity contribution in [2.45, 2.75) is 0 Å². The SMILES string of the molecule is CN(C(=S)CCl)c1ccccc1Cl. The number of para-hydroxylation sites is 1. The summed E-state index contributed by atoms with van der Waals surface area (Å²) in [5.41, 5.74) is 0.884. The number of benzene rings is 1. The number of hydrogen-bond donors (Lipinski definition) is 0. The van der Waals surface area contributed by atoms with E-state index in [4.69, 9.17) is 35.4 Å². The van der Waals surface area contributed by atoms with E-state index in [0.717, 1.165) is 5.69 Å². The maximum absolute atomic E-state index is 5.98. The lowest BCUT2D eigenvalue weighted by Gasteiger charge is -2.19. The molecule has 0 aliphatic rings. The molecule has 1 rings (SSSR count). The van der Waals surface area contributed by atoms with Crippen LogP contribution < -0.4 is 4.90 Å². The Kier molecular flexibility index (Phi) is 3.97. The number of halogens is 2. The molecule has 0 saturated carbocycles. The molecule has 1 aromatic carbocycles. The summed E-state index contributed by atoms with van der Waals surface area (Å²) in [5, 5.41) is 0.678. The Morgan fingerprint density at radius 3 is 2.62 bits per heavy atom. The average molecular weight is 234 g/mol. The first kappa shape index (κ1) is 10.8. The molecule has 0 aliphatic heterocycles. The van der Waals surface area contributed by atoms with Gasteiger partial charge in [0.25, 0.3) is 0 Å². The van der Waals surface area contributed by atoms with Crippen molar-refractivity contribution in [3.05, 3.63) is 29.3 Å². The van der Waals surface area contributed by atoms with Crippen molar-refractivity contribution < 1.29 is 0 Å². The molecule has 0 saturated heterocycles. The number of alkyl halides is 1. The molecule has 0 aromatic heterocycles. The normalized spacial score (nSPS) is 9.77. The number of thiocarbonyl (C=S) groups is 1. The molecular weight excluding hydrogens is 225 g/mol. The highest BCUT2D eigenvalue weighted by Gasteiger charge is 2.08. The molecule has 4 heteroatoms. The Morgan fingerprint density at radius 1 is 1.46 bits per heavy atom.